The quantitative estimate of drug-likeness (QED) is 0.852. The van der Waals surface area contributed by atoms with Gasteiger partial charge in [0.05, 0.1) is 6.10 Å². The molecule has 2 rings (SSSR count). The molecule has 0 amide bonds. The molecule has 0 heterocycles. The average Bonchev–Trinajstić information content (AvgIpc) is 2.18. The summed E-state index contributed by atoms with van der Waals surface area (Å²) in [6, 6.07) is 5.03. The van der Waals surface area contributed by atoms with Crippen LogP contribution in [0.2, 0.25) is 0 Å². The Bertz CT molecular complexity index is 417. The number of aliphatic hydroxyl groups is 1. The Labute approximate surface area is 98.2 Å². The highest BCUT2D eigenvalue weighted by Crippen LogP contribution is 2.40. The van der Waals surface area contributed by atoms with Crippen molar-refractivity contribution in [2.45, 2.75) is 38.0 Å². The van der Waals surface area contributed by atoms with Crippen molar-refractivity contribution < 1.29 is 18.6 Å². The molecule has 0 aromatic heterocycles. The van der Waals surface area contributed by atoms with Gasteiger partial charge < -0.3 is 15.6 Å². The standard InChI is InChI=1S/C12H15F2NO2/c1-7-2-3-8(4-10(7)17-11(13)14)12(15)5-9(16)6-12/h2-4,9,11,16H,5-6,15H2,1H3. The molecule has 1 aliphatic rings. The Kier molecular flexibility index (Phi) is 3.05. The van der Waals surface area contributed by atoms with E-state index in [1.54, 1.807) is 19.1 Å². The summed E-state index contributed by atoms with van der Waals surface area (Å²) in [5.41, 5.74) is 6.81. The van der Waals surface area contributed by atoms with Crippen LogP contribution in [-0.4, -0.2) is 17.8 Å². The van der Waals surface area contributed by atoms with Gasteiger partial charge in [-0.1, -0.05) is 12.1 Å². The molecule has 1 aliphatic carbocycles. The second-order valence-corrected chi connectivity index (χ2v) is 4.58. The first kappa shape index (κ1) is 12.3. The summed E-state index contributed by atoms with van der Waals surface area (Å²) in [7, 11) is 0. The number of ether oxygens (including phenoxy) is 1. The fourth-order valence-corrected chi connectivity index (χ4v) is 2.15. The number of aliphatic hydroxyl groups excluding tert-OH is 1. The third-order valence-electron chi connectivity index (χ3n) is 3.18. The molecule has 0 saturated heterocycles. The molecule has 3 nitrogen and oxygen atoms in total. The van der Waals surface area contributed by atoms with Crippen molar-refractivity contribution in [1.29, 1.82) is 0 Å². The molecule has 1 saturated carbocycles. The molecule has 0 unspecified atom stereocenters. The molecule has 3 N–H and O–H groups in total. The Morgan fingerprint density at radius 2 is 2.12 bits per heavy atom. The van der Waals surface area contributed by atoms with E-state index in [-0.39, 0.29) is 5.75 Å². The summed E-state index contributed by atoms with van der Waals surface area (Å²) < 4.78 is 28.8. The number of benzene rings is 1. The molecule has 94 valence electrons. The molecule has 0 aliphatic heterocycles. The fraction of sp³-hybridized carbons (Fsp3) is 0.500. The molecule has 0 radical (unpaired) electrons. The lowest BCUT2D eigenvalue weighted by Gasteiger charge is -2.42. The minimum Gasteiger partial charge on any atom is -0.435 e. The van der Waals surface area contributed by atoms with Gasteiger partial charge in [0.15, 0.2) is 0 Å². The van der Waals surface area contributed by atoms with E-state index in [0.717, 1.165) is 5.56 Å². The number of rotatable bonds is 3. The number of halogens is 2. The summed E-state index contributed by atoms with van der Waals surface area (Å²) in [6.45, 7) is -1.15. The van der Waals surface area contributed by atoms with Crippen molar-refractivity contribution in [2.75, 3.05) is 0 Å². The molecule has 1 fully saturated rings. The van der Waals surface area contributed by atoms with Gasteiger partial charge >= 0.3 is 6.61 Å². The zero-order chi connectivity index (χ0) is 12.6. The molecule has 5 heteroatoms. The van der Waals surface area contributed by atoms with Crippen LogP contribution in [0.5, 0.6) is 5.75 Å². The highest BCUT2D eigenvalue weighted by atomic mass is 19.3. The van der Waals surface area contributed by atoms with Gasteiger partial charge in [-0.2, -0.15) is 8.78 Å². The Morgan fingerprint density at radius 3 is 2.65 bits per heavy atom. The SMILES string of the molecule is Cc1ccc(C2(N)CC(O)C2)cc1OC(F)F. The van der Waals surface area contributed by atoms with Gasteiger partial charge in [0, 0.05) is 5.54 Å². The molecule has 1 aromatic rings. The second kappa shape index (κ2) is 4.23. The number of hydrogen-bond acceptors (Lipinski definition) is 3. The van der Waals surface area contributed by atoms with E-state index in [2.05, 4.69) is 4.74 Å². The third-order valence-corrected chi connectivity index (χ3v) is 3.18. The van der Waals surface area contributed by atoms with E-state index in [9.17, 15) is 13.9 Å². The summed E-state index contributed by atoms with van der Waals surface area (Å²) in [5.74, 6) is 0.142. The average molecular weight is 243 g/mol. The lowest BCUT2D eigenvalue weighted by molar-refractivity contribution is -0.0506. The second-order valence-electron chi connectivity index (χ2n) is 4.58. The van der Waals surface area contributed by atoms with Crippen LogP contribution in [0.1, 0.15) is 24.0 Å². The zero-order valence-corrected chi connectivity index (χ0v) is 9.49. The normalized spacial score (nSPS) is 28.0. The maximum atomic E-state index is 12.2. The number of nitrogens with two attached hydrogens (primary N) is 1. The van der Waals surface area contributed by atoms with Gasteiger partial charge in [-0.25, -0.2) is 0 Å². The number of hydrogen-bond donors (Lipinski definition) is 2. The maximum absolute atomic E-state index is 12.2. The summed E-state index contributed by atoms with van der Waals surface area (Å²) in [5, 5.41) is 9.28. The van der Waals surface area contributed by atoms with E-state index in [0.29, 0.717) is 18.4 Å². The van der Waals surface area contributed by atoms with Crippen molar-refractivity contribution in [3.63, 3.8) is 0 Å². The van der Waals surface area contributed by atoms with E-state index >= 15 is 0 Å². The summed E-state index contributed by atoms with van der Waals surface area (Å²) >= 11 is 0. The monoisotopic (exact) mass is 243 g/mol. The van der Waals surface area contributed by atoms with Gasteiger partial charge in [-0.3, -0.25) is 0 Å². The molecule has 1 aromatic carbocycles. The van der Waals surface area contributed by atoms with Gasteiger partial charge in [0.1, 0.15) is 5.75 Å². The van der Waals surface area contributed by atoms with E-state index < -0.39 is 18.3 Å². The Balaban J connectivity index is 2.25. The minimum absolute atomic E-state index is 0.142. The number of alkyl halides is 2. The summed E-state index contributed by atoms with van der Waals surface area (Å²) in [6.07, 6.45) is 0.495. The predicted octanol–water partition coefficient (Wildman–Crippen LogP) is 1.91. The highest BCUT2D eigenvalue weighted by Gasteiger charge is 2.41. The van der Waals surface area contributed by atoms with Crippen LogP contribution in [0.15, 0.2) is 18.2 Å². The van der Waals surface area contributed by atoms with Crippen LogP contribution in [0.25, 0.3) is 0 Å². The van der Waals surface area contributed by atoms with Crippen LogP contribution in [0, 0.1) is 6.92 Å². The summed E-state index contributed by atoms with van der Waals surface area (Å²) in [4.78, 5) is 0. The largest absolute Gasteiger partial charge is 0.435 e. The van der Waals surface area contributed by atoms with E-state index in [1.165, 1.54) is 6.07 Å². The van der Waals surface area contributed by atoms with Crippen LogP contribution < -0.4 is 10.5 Å². The topological polar surface area (TPSA) is 55.5 Å². The van der Waals surface area contributed by atoms with Gasteiger partial charge in [0.2, 0.25) is 0 Å². The molecular weight excluding hydrogens is 228 g/mol. The van der Waals surface area contributed by atoms with E-state index in [4.69, 9.17) is 5.73 Å². The number of aryl methyl sites for hydroxylation is 1. The molecule has 17 heavy (non-hydrogen) atoms. The first-order chi connectivity index (χ1) is 7.90. The molecule has 0 atom stereocenters. The van der Waals surface area contributed by atoms with Crippen LogP contribution in [0.4, 0.5) is 8.78 Å². The third kappa shape index (κ3) is 2.40. The van der Waals surface area contributed by atoms with Crippen molar-refractivity contribution in [3.8, 4) is 5.75 Å². The van der Waals surface area contributed by atoms with Gasteiger partial charge in [0.25, 0.3) is 0 Å². The molecule has 0 bridgehead atoms. The first-order valence-corrected chi connectivity index (χ1v) is 5.43. The maximum Gasteiger partial charge on any atom is 0.387 e. The van der Waals surface area contributed by atoms with Gasteiger partial charge in [-0.05, 0) is 37.0 Å². The minimum atomic E-state index is -2.84. The Morgan fingerprint density at radius 1 is 1.47 bits per heavy atom. The zero-order valence-electron chi connectivity index (χ0n) is 9.49. The van der Waals surface area contributed by atoms with Crippen molar-refractivity contribution >= 4 is 0 Å². The first-order valence-electron chi connectivity index (χ1n) is 5.43. The molecule has 0 spiro atoms. The smallest absolute Gasteiger partial charge is 0.387 e. The molecular formula is C12H15F2NO2. The fourth-order valence-electron chi connectivity index (χ4n) is 2.15. The lowest BCUT2D eigenvalue weighted by atomic mass is 9.70. The highest BCUT2D eigenvalue weighted by molar-refractivity contribution is 5.40. The van der Waals surface area contributed by atoms with Crippen LogP contribution in [-0.2, 0) is 5.54 Å². The van der Waals surface area contributed by atoms with Crippen molar-refractivity contribution in [1.82, 2.24) is 0 Å². The van der Waals surface area contributed by atoms with Crippen LogP contribution >= 0.6 is 0 Å². The predicted molar refractivity (Wildman–Crippen MR) is 58.9 cm³/mol. The van der Waals surface area contributed by atoms with Gasteiger partial charge in [-0.15, -0.1) is 0 Å². The van der Waals surface area contributed by atoms with E-state index in [1.807, 2.05) is 0 Å². The van der Waals surface area contributed by atoms with Crippen molar-refractivity contribution in [2.24, 2.45) is 5.73 Å². The lowest BCUT2D eigenvalue weighted by Crippen LogP contribution is -2.51. The Hall–Kier alpha value is -1.20. The van der Waals surface area contributed by atoms with Crippen molar-refractivity contribution in [3.05, 3.63) is 29.3 Å². The van der Waals surface area contributed by atoms with Crippen LogP contribution in [0.3, 0.4) is 0 Å².